The summed E-state index contributed by atoms with van der Waals surface area (Å²) in [4.78, 5) is 38.0. The number of ether oxygens (including phenoxy) is 1. The number of amides is 2. The molecule has 8 nitrogen and oxygen atoms in total. The highest BCUT2D eigenvalue weighted by Crippen LogP contribution is 2.20. The third-order valence-corrected chi connectivity index (χ3v) is 5.96. The molecular formula is C24H31N3O5S. The van der Waals surface area contributed by atoms with Crippen LogP contribution < -0.4 is 10.1 Å². The molecule has 2 rings (SSSR count). The number of rotatable bonds is 12. The Morgan fingerprint density at radius 2 is 1.70 bits per heavy atom. The number of hydrogen-bond donors (Lipinski definition) is 1. The summed E-state index contributed by atoms with van der Waals surface area (Å²) in [5, 5.41) is 13.7. The number of methoxy groups -OCH3 is 1. The lowest BCUT2D eigenvalue weighted by Crippen LogP contribution is -2.50. The van der Waals surface area contributed by atoms with Gasteiger partial charge >= 0.3 is 0 Å². The van der Waals surface area contributed by atoms with Gasteiger partial charge < -0.3 is 15.0 Å². The van der Waals surface area contributed by atoms with Crippen molar-refractivity contribution in [3.63, 3.8) is 0 Å². The summed E-state index contributed by atoms with van der Waals surface area (Å²) in [6.45, 7) is 5.98. The van der Waals surface area contributed by atoms with Crippen molar-refractivity contribution in [2.75, 3.05) is 12.9 Å². The minimum absolute atomic E-state index is 0.0269. The average Bonchev–Trinajstić information content (AvgIpc) is 2.79. The first-order valence-corrected chi connectivity index (χ1v) is 11.9. The number of carbonyl (C=O) groups is 2. The number of carbonyl (C=O) groups excluding carboxylic acids is 2. The van der Waals surface area contributed by atoms with Gasteiger partial charge in [0, 0.05) is 30.5 Å². The third-order valence-electron chi connectivity index (χ3n) is 4.97. The lowest BCUT2D eigenvalue weighted by Gasteiger charge is -2.31. The van der Waals surface area contributed by atoms with Gasteiger partial charge in [-0.05, 0) is 43.5 Å². The molecule has 2 aromatic carbocycles. The molecule has 2 aromatic rings. The maximum Gasteiger partial charge on any atom is 0.269 e. The molecule has 0 saturated carbocycles. The Morgan fingerprint density at radius 3 is 2.21 bits per heavy atom. The number of nitro benzene ring substituents is 1. The number of benzene rings is 2. The van der Waals surface area contributed by atoms with Crippen molar-refractivity contribution < 1.29 is 19.2 Å². The number of nitrogens with one attached hydrogen (secondary N) is 1. The van der Waals surface area contributed by atoms with E-state index in [1.807, 2.05) is 45.0 Å². The van der Waals surface area contributed by atoms with Gasteiger partial charge in [-0.2, -0.15) is 0 Å². The maximum atomic E-state index is 13.2. The fourth-order valence-corrected chi connectivity index (χ4v) is 4.15. The second-order valence-corrected chi connectivity index (χ2v) is 8.86. The van der Waals surface area contributed by atoms with E-state index in [1.54, 1.807) is 24.1 Å². The molecule has 33 heavy (non-hydrogen) atoms. The summed E-state index contributed by atoms with van der Waals surface area (Å²) in [6, 6.07) is 13.1. The summed E-state index contributed by atoms with van der Waals surface area (Å²) < 4.78 is 5.20. The van der Waals surface area contributed by atoms with Gasteiger partial charge in [0.05, 0.1) is 17.8 Å². The summed E-state index contributed by atoms with van der Waals surface area (Å²) >= 11 is 1.41. The molecule has 0 spiro atoms. The quantitative estimate of drug-likeness (QED) is 0.367. The molecule has 0 aliphatic rings. The fourth-order valence-electron chi connectivity index (χ4n) is 3.28. The van der Waals surface area contributed by atoms with Crippen LogP contribution in [-0.2, 0) is 21.9 Å². The Morgan fingerprint density at radius 1 is 1.09 bits per heavy atom. The Balaban J connectivity index is 2.11. The summed E-state index contributed by atoms with van der Waals surface area (Å²) in [5.74, 6) is 1.14. The molecule has 0 saturated heterocycles. The number of nitrogens with zero attached hydrogens (tertiary/aromatic N) is 2. The molecular weight excluding hydrogens is 442 g/mol. The van der Waals surface area contributed by atoms with Gasteiger partial charge in [-0.3, -0.25) is 19.7 Å². The minimum Gasteiger partial charge on any atom is -0.497 e. The van der Waals surface area contributed by atoms with Gasteiger partial charge in [0.2, 0.25) is 11.8 Å². The summed E-state index contributed by atoms with van der Waals surface area (Å²) in [5.41, 5.74) is 1.83. The van der Waals surface area contributed by atoms with Crippen LogP contribution in [0.1, 0.15) is 38.3 Å². The predicted octanol–water partition coefficient (Wildman–Crippen LogP) is 4.17. The van der Waals surface area contributed by atoms with Crippen LogP contribution in [0, 0.1) is 10.1 Å². The molecule has 9 heteroatoms. The Kier molecular flexibility index (Phi) is 10.2. The molecule has 0 aliphatic carbocycles. The van der Waals surface area contributed by atoms with Gasteiger partial charge in [-0.15, -0.1) is 11.8 Å². The molecule has 0 radical (unpaired) electrons. The van der Waals surface area contributed by atoms with E-state index in [0.717, 1.165) is 16.9 Å². The Hall–Kier alpha value is -3.07. The Labute approximate surface area is 198 Å². The van der Waals surface area contributed by atoms with E-state index in [1.165, 1.54) is 23.9 Å². The van der Waals surface area contributed by atoms with Crippen molar-refractivity contribution >= 4 is 29.3 Å². The molecule has 0 fully saturated rings. The van der Waals surface area contributed by atoms with Crippen molar-refractivity contribution in [3.8, 4) is 5.75 Å². The van der Waals surface area contributed by atoms with Crippen LogP contribution in [0.15, 0.2) is 48.5 Å². The van der Waals surface area contributed by atoms with Gasteiger partial charge in [0.25, 0.3) is 5.69 Å². The van der Waals surface area contributed by atoms with E-state index in [-0.39, 0.29) is 29.3 Å². The predicted molar refractivity (Wildman–Crippen MR) is 130 cm³/mol. The van der Waals surface area contributed by atoms with E-state index < -0.39 is 11.0 Å². The third kappa shape index (κ3) is 8.09. The number of thioether (sulfide) groups is 1. The SMILES string of the molecule is CCC(C(=O)NC(C)C)N(Cc1ccc(OC)cc1)C(=O)CSCc1ccc([N+](=O)[O-])cc1. The second kappa shape index (κ2) is 12.8. The lowest BCUT2D eigenvalue weighted by molar-refractivity contribution is -0.384. The number of non-ortho nitro benzene ring substituents is 1. The van der Waals surface area contributed by atoms with E-state index in [0.29, 0.717) is 18.7 Å². The highest BCUT2D eigenvalue weighted by molar-refractivity contribution is 7.99. The largest absolute Gasteiger partial charge is 0.497 e. The molecule has 2 amide bonds. The smallest absolute Gasteiger partial charge is 0.269 e. The minimum atomic E-state index is -0.582. The van der Waals surface area contributed by atoms with Gasteiger partial charge in [0.15, 0.2) is 0 Å². The van der Waals surface area contributed by atoms with Gasteiger partial charge in [-0.25, -0.2) is 0 Å². The van der Waals surface area contributed by atoms with Crippen molar-refractivity contribution in [1.29, 1.82) is 0 Å². The second-order valence-electron chi connectivity index (χ2n) is 7.87. The fraction of sp³-hybridized carbons (Fsp3) is 0.417. The van der Waals surface area contributed by atoms with E-state index in [2.05, 4.69) is 5.32 Å². The zero-order valence-corrected chi connectivity index (χ0v) is 20.3. The summed E-state index contributed by atoms with van der Waals surface area (Å²) in [6.07, 6.45) is 0.494. The van der Waals surface area contributed by atoms with E-state index in [4.69, 9.17) is 4.74 Å². The zero-order chi connectivity index (χ0) is 24.4. The first kappa shape index (κ1) is 26.2. The molecule has 0 heterocycles. The summed E-state index contributed by atoms with van der Waals surface area (Å²) in [7, 11) is 1.59. The molecule has 0 aromatic heterocycles. The van der Waals surface area contributed by atoms with E-state index in [9.17, 15) is 19.7 Å². The first-order valence-electron chi connectivity index (χ1n) is 10.8. The monoisotopic (exact) mass is 473 g/mol. The molecule has 1 atom stereocenters. The Bertz CT molecular complexity index is 932. The zero-order valence-electron chi connectivity index (χ0n) is 19.4. The van der Waals surface area contributed by atoms with Crippen molar-refractivity contribution in [1.82, 2.24) is 10.2 Å². The molecule has 0 aliphatic heterocycles. The van der Waals surface area contributed by atoms with Crippen LogP contribution >= 0.6 is 11.8 Å². The average molecular weight is 474 g/mol. The van der Waals surface area contributed by atoms with Crippen molar-refractivity contribution in [2.24, 2.45) is 0 Å². The van der Waals surface area contributed by atoms with Crippen LogP contribution in [-0.4, -0.2) is 46.6 Å². The molecule has 178 valence electrons. The topological polar surface area (TPSA) is 102 Å². The molecule has 1 unspecified atom stereocenters. The van der Waals surface area contributed by atoms with Crippen LogP contribution in [0.3, 0.4) is 0 Å². The van der Waals surface area contributed by atoms with Crippen molar-refractivity contribution in [2.45, 2.75) is 51.6 Å². The normalized spacial score (nSPS) is 11.7. The maximum absolute atomic E-state index is 13.2. The first-order chi connectivity index (χ1) is 15.7. The molecule has 0 bridgehead atoms. The number of hydrogen-bond acceptors (Lipinski definition) is 6. The highest BCUT2D eigenvalue weighted by Gasteiger charge is 2.28. The van der Waals surface area contributed by atoms with E-state index >= 15 is 0 Å². The lowest BCUT2D eigenvalue weighted by atomic mass is 10.1. The van der Waals surface area contributed by atoms with Crippen LogP contribution in [0.25, 0.3) is 0 Å². The van der Waals surface area contributed by atoms with Crippen LogP contribution in [0.2, 0.25) is 0 Å². The number of nitro groups is 1. The van der Waals surface area contributed by atoms with Crippen LogP contribution in [0.4, 0.5) is 5.69 Å². The highest BCUT2D eigenvalue weighted by atomic mass is 32.2. The van der Waals surface area contributed by atoms with Crippen LogP contribution in [0.5, 0.6) is 5.75 Å². The molecule has 1 N–H and O–H groups in total. The van der Waals surface area contributed by atoms with Gasteiger partial charge in [0.1, 0.15) is 11.8 Å². The van der Waals surface area contributed by atoms with Crippen molar-refractivity contribution in [3.05, 3.63) is 69.8 Å². The standard InChI is InChI=1S/C24H31N3O5S/c1-5-22(24(29)25-17(2)3)26(14-18-8-12-21(32-4)13-9-18)23(28)16-33-15-19-6-10-20(11-7-19)27(30)31/h6-13,17,22H,5,14-16H2,1-4H3,(H,25,29). The van der Waals surface area contributed by atoms with Gasteiger partial charge in [-0.1, -0.05) is 31.2 Å².